The van der Waals surface area contributed by atoms with Gasteiger partial charge in [0.05, 0.1) is 18.4 Å². The van der Waals surface area contributed by atoms with Crippen LogP contribution >= 0.6 is 0 Å². The van der Waals surface area contributed by atoms with Gasteiger partial charge in [0.1, 0.15) is 11.4 Å². The van der Waals surface area contributed by atoms with Gasteiger partial charge < -0.3 is 10.1 Å². The summed E-state index contributed by atoms with van der Waals surface area (Å²) in [6.45, 7) is 7.89. The van der Waals surface area contributed by atoms with Gasteiger partial charge in [0.25, 0.3) is 11.8 Å². The zero-order valence-electron chi connectivity index (χ0n) is 18.9. The monoisotopic (exact) mass is 426 g/mol. The maximum atomic E-state index is 13.7. The van der Waals surface area contributed by atoms with E-state index in [0.717, 1.165) is 27.9 Å². The second-order valence-electron chi connectivity index (χ2n) is 8.24. The number of carbonyl (C=O) groups excluding carboxylic acids is 2. The number of hydrogen-bond acceptors (Lipinski definition) is 4. The minimum atomic E-state index is -0.389. The fraction of sp³-hybridized carbons (Fsp3) is 0.185. The van der Waals surface area contributed by atoms with Crippen molar-refractivity contribution in [2.45, 2.75) is 27.7 Å². The smallest absolute Gasteiger partial charge is 0.282 e. The lowest BCUT2D eigenvalue weighted by Crippen LogP contribution is -2.32. The highest BCUT2D eigenvalue weighted by atomic mass is 16.5. The summed E-state index contributed by atoms with van der Waals surface area (Å²) < 4.78 is 5.51. The van der Waals surface area contributed by atoms with E-state index in [1.165, 1.54) is 4.90 Å². The molecule has 1 aliphatic heterocycles. The molecule has 0 unspecified atom stereocenters. The van der Waals surface area contributed by atoms with Crippen molar-refractivity contribution in [1.29, 1.82) is 0 Å². The van der Waals surface area contributed by atoms with Crippen LogP contribution in [0.3, 0.4) is 0 Å². The van der Waals surface area contributed by atoms with E-state index in [9.17, 15) is 9.59 Å². The van der Waals surface area contributed by atoms with Gasteiger partial charge in [-0.3, -0.25) is 9.59 Å². The number of methoxy groups -OCH3 is 1. The standard InChI is InChI=1S/C27H26N2O3/c1-16-10-17(2)13-20(12-16)28-25-24(22-8-6-7-9-23(22)32-5)26(30)29(27(25)31)21-14-18(3)11-19(4)15-21/h6-15,28H,1-5H3. The van der Waals surface area contributed by atoms with Crippen molar-refractivity contribution in [2.75, 3.05) is 17.3 Å². The van der Waals surface area contributed by atoms with E-state index in [4.69, 9.17) is 4.74 Å². The molecule has 0 saturated carbocycles. The highest BCUT2D eigenvalue weighted by Gasteiger charge is 2.41. The number of benzene rings is 3. The zero-order chi connectivity index (χ0) is 23.0. The average Bonchev–Trinajstić information content (AvgIpc) is 2.96. The van der Waals surface area contributed by atoms with E-state index in [0.29, 0.717) is 22.6 Å². The summed E-state index contributed by atoms with van der Waals surface area (Å²) in [4.78, 5) is 28.6. The number of anilines is 2. The molecule has 1 N–H and O–H groups in total. The van der Waals surface area contributed by atoms with Crippen LogP contribution in [0.1, 0.15) is 27.8 Å². The van der Waals surface area contributed by atoms with Crippen LogP contribution in [0.4, 0.5) is 11.4 Å². The first kappa shape index (κ1) is 21.4. The Morgan fingerprint density at radius 1 is 0.750 bits per heavy atom. The van der Waals surface area contributed by atoms with E-state index in [2.05, 4.69) is 11.4 Å². The van der Waals surface area contributed by atoms with E-state index in [1.807, 2.05) is 70.2 Å². The van der Waals surface area contributed by atoms with Crippen LogP contribution in [0.25, 0.3) is 5.57 Å². The van der Waals surface area contributed by atoms with Crippen LogP contribution < -0.4 is 15.0 Å². The van der Waals surface area contributed by atoms with Crippen molar-refractivity contribution in [2.24, 2.45) is 0 Å². The lowest BCUT2D eigenvalue weighted by molar-refractivity contribution is -0.120. The molecular weight excluding hydrogens is 400 g/mol. The van der Waals surface area contributed by atoms with Crippen LogP contribution in [0, 0.1) is 27.7 Å². The predicted molar refractivity (Wildman–Crippen MR) is 128 cm³/mol. The molecular formula is C27H26N2O3. The second-order valence-corrected chi connectivity index (χ2v) is 8.24. The molecule has 3 aromatic rings. The lowest BCUT2D eigenvalue weighted by Gasteiger charge is -2.17. The maximum absolute atomic E-state index is 13.7. The van der Waals surface area contributed by atoms with Gasteiger partial charge in [-0.15, -0.1) is 0 Å². The summed E-state index contributed by atoms with van der Waals surface area (Å²) in [5.41, 5.74) is 6.52. The Bertz CT molecular complexity index is 1230. The Morgan fingerprint density at radius 2 is 1.31 bits per heavy atom. The molecule has 0 bridgehead atoms. The number of nitrogens with one attached hydrogen (secondary N) is 1. The maximum Gasteiger partial charge on any atom is 0.282 e. The summed E-state index contributed by atoms with van der Waals surface area (Å²) in [5, 5.41) is 3.24. The van der Waals surface area contributed by atoms with E-state index >= 15 is 0 Å². The third-order valence-corrected chi connectivity index (χ3v) is 5.42. The van der Waals surface area contributed by atoms with Crippen LogP contribution in [-0.2, 0) is 9.59 Å². The van der Waals surface area contributed by atoms with E-state index in [1.54, 1.807) is 19.2 Å². The molecule has 3 aromatic carbocycles. The third kappa shape index (κ3) is 3.89. The van der Waals surface area contributed by atoms with Crippen LogP contribution in [-0.4, -0.2) is 18.9 Å². The Balaban J connectivity index is 1.89. The first-order chi connectivity index (χ1) is 15.3. The van der Waals surface area contributed by atoms with Gasteiger partial charge in [-0.2, -0.15) is 0 Å². The highest BCUT2D eigenvalue weighted by molar-refractivity contribution is 6.46. The topological polar surface area (TPSA) is 58.6 Å². The lowest BCUT2D eigenvalue weighted by atomic mass is 10.0. The Kier molecular flexibility index (Phi) is 5.57. The van der Waals surface area contributed by atoms with Crippen molar-refractivity contribution in [3.05, 3.63) is 94.2 Å². The Hall–Kier alpha value is -3.86. The minimum Gasteiger partial charge on any atom is -0.496 e. The number of imide groups is 1. The fourth-order valence-corrected chi connectivity index (χ4v) is 4.25. The molecule has 2 amide bonds. The Labute approximate surface area is 188 Å². The number of para-hydroxylation sites is 1. The number of hydrogen-bond donors (Lipinski definition) is 1. The van der Waals surface area contributed by atoms with Crippen molar-refractivity contribution in [1.82, 2.24) is 0 Å². The predicted octanol–water partition coefficient (Wildman–Crippen LogP) is 5.33. The molecule has 0 saturated heterocycles. The van der Waals surface area contributed by atoms with Crippen molar-refractivity contribution >= 4 is 28.8 Å². The van der Waals surface area contributed by atoms with E-state index < -0.39 is 0 Å². The molecule has 32 heavy (non-hydrogen) atoms. The first-order valence-electron chi connectivity index (χ1n) is 10.5. The molecule has 0 spiro atoms. The van der Waals surface area contributed by atoms with Crippen molar-refractivity contribution in [3.8, 4) is 5.75 Å². The SMILES string of the molecule is COc1ccccc1C1=C(Nc2cc(C)cc(C)c2)C(=O)N(c2cc(C)cc(C)c2)C1=O. The molecule has 0 atom stereocenters. The fourth-order valence-electron chi connectivity index (χ4n) is 4.25. The molecule has 0 fully saturated rings. The quantitative estimate of drug-likeness (QED) is 0.561. The molecule has 5 heteroatoms. The van der Waals surface area contributed by atoms with Crippen molar-refractivity contribution < 1.29 is 14.3 Å². The number of ether oxygens (including phenoxy) is 1. The summed E-state index contributed by atoms with van der Waals surface area (Å²) in [6, 6.07) is 18.9. The number of rotatable bonds is 5. The van der Waals surface area contributed by atoms with Crippen molar-refractivity contribution in [3.63, 3.8) is 0 Å². The van der Waals surface area contributed by atoms with Crippen LogP contribution in [0.2, 0.25) is 0 Å². The number of amides is 2. The van der Waals surface area contributed by atoms with Gasteiger partial charge in [0.2, 0.25) is 0 Å². The molecule has 1 aliphatic rings. The Morgan fingerprint density at radius 3 is 1.91 bits per heavy atom. The average molecular weight is 427 g/mol. The molecule has 1 heterocycles. The summed E-state index contributed by atoms with van der Waals surface area (Å²) in [5.74, 6) is -0.234. The molecule has 0 aromatic heterocycles. The molecule has 5 nitrogen and oxygen atoms in total. The molecule has 4 rings (SSSR count). The normalized spacial score (nSPS) is 13.7. The third-order valence-electron chi connectivity index (χ3n) is 5.42. The highest BCUT2D eigenvalue weighted by Crippen LogP contribution is 2.38. The van der Waals surface area contributed by atoms with Gasteiger partial charge >= 0.3 is 0 Å². The van der Waals surface area contributed by atoms with Gasteiger partial charge in [0.15, 0.2) is 0 Å². The number of nitrogens with zero attached hydrogens (tertiary/aromatic N) is 1. The first-order valence-corrected chi connectivity index (χ1v) is 10.5. The molecule has 162 valence electrons. The molecule has 0 radical (unpaired) electrons. The largest absolute Gasteiger partial charge is 0.496 e. The summed E-state index contributed by atoms with van der Waals surface area (Å²) >= 11 is 0. The molecule has 0 aliphatic carbocycles. The summed E-state index contributed by atoms with van der Waals surface area (Å²) in [7, 11) is 1.55. The number of carbonyl (C=O) groups is 2. The summed E-state index contributed by atoms with van der Waals surface area (Å²) in [6.07, 6.45) is 0. The van der Waals surface area contributed by atoms with Gasteiger partial charge in [0, 0.05) is 11.3 Å². The van der Waals surface area contributed by atoms with Gasteiger partial charge in [-0.25, -0.2) is 4.90 Å². The second kappa shape index (κ2) is 8.35. The van der Waals surface area contributed by atoms with Gasteiger partial charge in [-0.1, -0.05) is 30.3 Å². The van der Waals surface area contributed by atoms with Crippen LogP contribution in [0.5, 0.6) is 5.75 Å². The van der Waals surface area contributed by atoms with E-state index in [-0.39, 0.29) is 17.5 Å². The number of aryl methyl sites for hydroxylation is 4. The van der Waals surface area contributed by atoms with Gasteiger partial charge in [-0.05, 0) is 80.3 Å². The zero-order valence-corrected chi connectivity index (χ0v) is 18.9. The van der Waals surface area contributed by atoms with Crippen LogP contribution in [0.15, 0.2) is 66.4 Å². The minimum absolute atomic E-state index is 0.239.